The molecule has 1 amide bonds. The number of carbonyl (C=O) groups is 1. The van der Waals surface area contributed by atoms with Crippen molar-refractivity contribution in [1.82, 2.24) is 25.1 Å². The molecular formula is C23H19F2N7O2. The molecule has 2 aromatic heterocycles. The fourth-order valence-electron chi connectivity index (χ4n) is 3.71. The Kier molecular flexibility index (Phi) is 5.58. The van der Waals surface area contributed by atoms with E-state index in [2.05, 4.69) is 20.2 Å². The third-order valence-electron chi connectivity index (χ3n) is 5.50. The van der Waals surface area contributed by atoms with E-state index in [9.17, 15) is 13.6 Å². The number of nitrogens with zero attached hydrogens (tertiary/aromatic N) is 6. The van der Waals surface area contributed by atoms with E-state index in [1.54, 1.807) is 0 Å². The number of piperazine rings is 1. The Morgan fingerprint density at radius 1 is 0.912 bits per heavy atom. The zero-order chi connectivity index (χ0) is 23.7. The lowest BCUT2D eigenvalue weighted by Gasteiger charge is -2.35. The predicted molar refractivity (Wildman–Crippen MR) is 120 cm³/mol. The standard InChI is InChI=1S/C23H19F2N7O2/c24-15-7-4-8-16(25)18(15)23(33)32-11-9-31(10-12-32)17-13-27-20(26)19(28-17)22-30-29-21(34-22)14-5-2-1-3-6-14/h1-8,13H,9-12H2,(H2,26,27). The number of rotatable bonds is 4. The van der Waals surface area contributed by atoms with Crippen molar-refractivity contribution in [2.24, 2.45) is 0 Å². The third kappa shape index (κ3) is 4.03. The molecule has 2 aromatic carbocycles. The number of nitrogen functional groups attached to an aromatic ring is 1. The quantitative estimate of drug-likeness (QED) is 0.491. The largest absolute Gasteiger partial charge is 0.414 e. The summed E-state index contributed by atoms with van der Waals surface area (Å²) in [6.07, 6.45) is 1.52. The summed E-state index contributed by atoms with van der Waals surface area (Å²) in [5.74, 6) is -1.33. The highest BCUT2D eigenvalue weighted by Gasteiger charge is 2.27. The van der Waals surface area contributed by atoms with E-state index in [1.165, 1.54) is 17.2 Å². The summed E-state index contributed by atoms with van der Waals surface area (Å²) in [6, 6.07) is 12.7. The fraction of sp³-hybridized carbons (Fsp3) is 0.174. The number of benzene rings is 2. The van der Waals surface area contributed by atoms with Gasteiger partial charge in [-0.1, -0.05) is 24.3 Å². The maximum atomic E-state index is 14.0. The average Bonchev–Trinajstić information content (AvgIpc) is 3.35. The van der Waals surface area contributed by atoms with Gasteiger partial charge in [-0.3, -0.25) is 4.79 Å². The maximum Gasteiger partial charge on any atom is 0.270 e. The molecule has 0 radical (unpaired) electrons. The number of hydrogen-bond acceptors (Lipinski definition) is 8. The molecule has 4 aromatic rings. The van der Waals surface area contributed by atoms with Gasteiger partial charge in [-0.15, -0.1) is 10.2 Å². The summed E-state index contributed by atoms with van der Waals surface area (Å²) >= 11 is 0. The van der Waals surface area contributed by atoms with Gasteiger partial charge in [-0.25, -0.2) is 18.7 Å². The number of anilines is 2. The second-order valence-corrected chi connectivity index (χ2v) is 7.62. The molecule has 34 heavy (non-hydrogen) atoms. The summed E-state index contributed by atoms with van der Waals surface area (Å²) < 4.78 is 33.8. The zero-order valence-electron chi connectivity index (χ0n) is 17.9. The van der Waals surface area contributed by atoms with Crippen molar-refractivity contribution >= 4 is 17.5 Å². The summed E-state index contributed by atoms with van der Waals surface area (Å²) in [6.45, 7) is 1.29. The number of amides is 1. The second-order valence-electron chi connectivity index (χ2n) is 7.62. The molecule has 5 rings (SSSR count). The Hall–Kier alpha value is -4.41. The van der Waals surface area contributed by atoms with E-state index in [0.29, 0.717) is 24.8 Å². The van der Waals surface area contributed by atoms with Crippen LogP contribution in [0.5, 0.6) is 0 Å². The van der Waals surface area contributed by atoms with Crippen LogP contribution in [0, 0.1) is 11.6 Å². The second kappa shape index (κ2) is 8.85. The van der Waals surface area contributed by atoms with Crippen molar-refractivity contribution in [3.8, 4) is 23.0 Å². The molecule has 2 N–H and O–H groups in total. The molecule has 0 aliphatic carbocycles. The van der Waals surface area contributed by atoms with Crippen molar-refractivity contribution in [2.45, 2.75) is 0 Å². The molecule has 11 heteroatoms. The minimum absolute atomic E-state index is 0.134. The first kappa shape index (κ1) is 21.4. The van der Waals surface area contributed by atoms with Gasteiger partial charge in [0.05, 0.1) is 6.20 Å². The number of aromatic nitrogens is 4. The third-order valence-corrected chi connectivity index (χ3v) is 5.50. The topological polar surface area (TPSA) is 114 Å². The highest BCUT2D eigenvalue weighted by atomic mass is 19.1. The van der Waals surface area contributed by atoms with Crippen LogP contribution in [0.2, 0.25) is 0 Å². The molecule has 9 nitrogen and oxygen atoms in total. The average molecular weight is 463 g/mol. The van der Waals surface area contributed by atoms with Crippen LogP contribution in [-0.2, 0) is 0 Å². The lowest BCUT2D eigenvalue weighted by molar-refractivity contribution is 0.0736. The lowest BCUT2D eigenvalue weighted by atomic mass is 10.1. The number of halogens is 2. The van der Waals surface area contributed by atoms with Gasteiger partial charge in [0.15, 0.2) is 11.5 Å². The van der Waals surface area contributed by atoms with Crippen molar-refractivity contribution in [3.63, 3.8) is 0 Å². The molecule has 0 bridgehead atoms. The van der Waals surface area contributed by atoms with Gasteiger partial charge in [0.25, 0.3) is 11.8 Å². The number of carbonyl (C=O) groups excluding carboxylic acids is 1. The molecule has 1 aliphatic heterocycles. The molecule has 0 atom stereocenters. The molecule has 0 spiro atoms. The van der Waals surface area contributed by atoms with Gasteiger partial charge in [-0.2, -0.15) is 0 Å². The van der Waals surface area contributed by atoms with Gasteiger partial charge >= 0.3 is 0 Å². The van der Waals surface area contributed by atoms with Gasteiger partial charge in [0.1, 0.15) is 23.0 Å². The molecule has 1 aliphatic rings. The van der Waals surface area contributed by atoms with Crippen molar-refractivity contribution in [2.75, 3.05) is 36.8 Å². The maximum absolute atomic E-state index is 14.0. The van der Waals surface area contributed by atoms with E-state index in [1.807, 2.05) is 35.2 Å². The first-order valence-electron chi connectivity index (χ1n) is 10.5. The van der Waals surface area contributed by atoms with E-state index in [0.717, 1.165) is 17.7 Å². The van der Waals surface area contributed by atoms with Gasteiger partial charge in [0.2, 0.25) is 5.89 Å². The van der Waals surface area contributed by atoms with Crippen LogP contribution in [0.4, 0.5) is 20.4 Å². The van der Waals surface area contributed by atoms with Crippen LogP contribution in [0.15, 0.2) is 59.1 Å². The van der Waals surface area contributed by atoms with Crippen LogP contribution < -0.4 is 10.6 Å². The lowest BCUT2D eigenvalue weighted by Crippen LogP contribution is -2.49. The zero-order valence-corrected chi connectivity index (χ0v) is 17.9. The van der Waals surface area contributed by atoms with Crippen LogP contribution in [0.25, 0.3) is 23.0 Å². The Morgan fingerprint density at radius 3 is 2.29 bits per heavy atom. The Labute approximate surface area is 192 Å². The van der Waals surface area contributed by atoms with E-state index in [-0.39, 0.29) is 30.5 Å². The highest BCUT2D eigenvalue weighted by Crippen LogP contribution is 2.27. The van der Waals surface area contributed by atoms with Crippen molar-refractivity contribution in [3.05, 3.63) is 71.9 Å². The predicted octanol–water partition coefficient (Wildman–Crippen LogP) is 3.02. The Bertz CT molecular complexity index is 1320. The molecule has 3 heterocycles. The van der Waals surface area contributed by atoms with Crippen LogP contribution in [0.3, 0.4) is 0 Å². The van der Waals surface area contributed by atoms with Crippen LogP contribution in [0.1, 0.15) is 10.4 Å². The molecule has 1 saturated heterocycles. The minimum atomic E-state index is -0.879. The molecule has 1 fully saturated rings. The van der Waals surface area contributed by atoms with Gasteiger partial charge in [-0.05, 0) is 24.3 Å². The van der Waals surface area contributed by atoms with E-state index in [4.69, 9.17) is 10.2 Å². The summed E-state index contributed by atoms with van der Waals surface area (Å²) in [5.41, 5.74) is 6.47. The van der Waals surface area contributed by atoms with Crippen molar-refractivity contribution in [1.29, 1.82) is 0 Å². The van der Waals surface area contributed by atoms with Crippen LogP contribution in [-0.4, -0.2) is 57.2 Å². The van der Waals surface area contributed by atoms with E-state index < -0.39 is 23.1 Å². The first-order chi connectivity index (χ1) is 16.5. The minimum Gasteiger partial charge on any atom is -0.414 e. The SMILES string of the molecule is Nc1ncc(N2CCN(C(=O)c3c(F)cccc3F)CC2)nc1-c1nnc(-c2ccccc2)o1. The van der Waals surface area contributed by atoms with E-state index >= 15 is 0 Å². The van der Waals surface area contributed by atoms with Gasteiger partial charge < -0.3 is 20.0 Å². The Morgan fingerprint density at radius 2 is 1.59 bits per heavy atom. The first-order valence-corrected chi connectivity index (χ1v) is 10.5. The highest BCUT2D eigenvalue weighted by molar-refractivity contribution is 5.95. The molecule has 0 saturated carbocycles. The number of nitrogens with two attached hydrogens (primary N) is 1. The smallest absolute Gasteiger partial charge is 0.270 e. The normalized spacial score (nSPS) is 13.8. The summed E-state index contributed by atoms with van der Waals surface area (Å²) in [5, 5.41) is 8.11. The number of hydrogen-bond donors (Lipinski definition) is 1. The summed E-state index contributed by atoms with van der Waals surface area (Å²) in [4.78, 5) is 24.7. The summed E-state index contributed by atoms with van der Waals surface area (Å²) in [7, 11) is 0. The fourth-order valence-corrected chi connectivity index (χ4v) is 3.71. The monoisotopic (exact) mass is 463 g/mol. The van der Waals surface area contributed by atoms with Gasteiger partial charge in [0, 0.05) is 31.7 Å². The molecule has 0 unspecified atom stereocenters. The molecular weight excluding hydrogens is 444 g/mol. The molecule has 172 valence electrons. The van der Waals surface area contributed by atoms with Crippen LogP contribution >= 0.6 is 0 Å². The van der Waals surface area contributed by atoms with Crippen molar-refractivity contribution < 1.29 is 18.0 Å². The Balaban J connectivity index is 1.32.